The summed E-state index contributed by atoms with van der Waals surface area (Å²) in [6.07, 6.45) is 3.25. The highest BCUT2D eigenvalue weighted by Crippen LogP contribution is 2.00. The fourth-order valence-corrected chi connectivity index (χ4v) is 1.68. The molecule has 0 unspecified atom stereocenters. The lowest BCUT2D eigenvalue weighted by Crippen LogP contribution is -3.11. The van der Waals surface area contributed by atoms with E-state index < -0.39 is 0 Å². The van der Waals surface area contributed by atoms with Crippen molar-refractivity contribution in [2.45, 2.75) is 13.8 Å². The summed E-state index contributed by atoms with van der Waals surface area (Å²) in [6.45, 7) is 7.75. The van der Waals surface area contributed by atoms with Gasteiger partial charge in [0.1, 0.15) is 13.2 Å². The van der Waals surface area contributed by atoms with Gasteiger partial charge in [0, 0.05) is 6.08 Å². The largest absolute Gasteiger partial charge is 0.457 e. The monoisotopic (exact) mass is 248 g/mol. The van der Waals surface area contributed by atoms with E-state index in [1.54, 1.807) is 6.08 Å². The molecule has 0 aromatic heterocycles. The van der Waals surface area contributed by atoms with Crippen LogP contribution in [0.4, 0.5) is 0 Å². The van der Waals surface area contributed by atoms with Crippen LogP contribution in [-0.4, -0.2) is 32.2 Å². The van der Waals surface area contributed by atoms with Crippen LogP contribution < -0.4 is 4.90 Å². The predicted octanol–water partition coefficient (Wildman–Crippen LogP) is 1.17. The molecule has 3 nitrogen and oxygen atoms in total. The first-order valence-electron chi connectivity index (χ1n) is 6.49. The summed E-state index contributed by atoms with van der Waals surface area (Å²) in [6, 6.07) is 9.72. The van der Waals surface area contributed by atoms with Gasteiger partial charge in [-0.15, -0.1) is 0 Å². The molecule has 0 aliphatic rings. The quantitative estimate of drug-likeness (QED) is 0.580. The lowest BCUT2D eigenvalue weighted by Gasteiger charge is -2.14. The SMILES string of the molecule is CC[NH+](CC)CCOC(=O)/C=C/c1ccccc1. The van der Waals surface area contributed by atoms with E-state index in [-0.39, 0.29) is 5.97 Å². The van der Waals surface area contributed by atoms with Gasteiger partial charge < -0.3 is 9.64 Å². The molecule has 0 aliphatic carbocycles. The number of hydrogen-bond donors (Lipinski definition) is 1. The predicted molar refractivity (Wildman–Crippen MR) is 73.3 cm³/mol. The van der Waals surface area contributed by atoms with Crippen LogP contribution in [0.2, 0.25) is 0 Å². The fraction of sp³-hybridized carbons (Fsp3) is 0.400. The standard InChI is InChI=1S/C15H21NO2/c1-3-16(4-2)12-13-18-15(17)11-10-14-8-6-5-7-9-14/h5-11H,3-4,12-13H2,1-2H3/p+1/b11-10+. The van der Waals surface area contributed by atoms with Gasteiger partial charge in [-0.3, -0.25) is 0 Å². The van der Waals surface area contributed by atoms with Crippen LogP contribution in [0.1, 0.15) is 19.4 Å². The zero-order valence-corrected chi connectivity index (χ0v) is 11.2. The Hall–Kier alpha value is -1.61. The molecular weight excluding hydrogens is 226 g/mol. The Morgan fingerprint density at radius 1 is 1.22 bits per heavy atom. The molecule has 0 saturated carbocycles. The second-order valence-electron chi connectivity index (χ2n) is 4.12. The topological polar surface area (TPSA) is 30.7 Å². The van der Waals surface area contributed by atoms with Crippen molar-refractivity contribution in [3.05, 3.63) is 42.0 Å². The molecule has 0 fully saturated rings. The summed E-state index contributed by atoms with van der Waals surface area (Å²) >= 11 is 0. The zero-order valence-electron chi connectivity index (χ0n) is 11.2. The Kier molecular flexibility index (Phi) is 6.81. The average Bonchev–Trinajstić information content (AvgIpc) is 2.42. The molecule has 1 rings (SSSR count). The minimum atomic E-state index is -0.273. The number of benzene rings is 1. The molecule has 18 heavy (non-hydrogen) atoms. The maximum atomic E-state index is 11.5. The van der Waals surface area contributed by atoms with Crippen molar-refractivity contribution in [2.24, 2.45) is 0 Å². The number of carbonyl (C=O) groups is 1. The maximum Gasteiger partial charge on any atom is 0.330 e. The second-order valence-corrected chi connectivity index (χ2v) is 4.12. The first-order valence-corrected chi connectivity index (χ1v) is 6.49. The second kappa shape index (κ2) is 8.48. The van der Waals surface area contributed by atoms with Gasteiger partial charge in [0.2, 0.25) is 0 Å². The van der Waals surface area contributed by atoms with Gasteiger partial charge in [-0.25, -0.2) is 4.79 Å². The number of rotatable bonds is 7. The highest BCUT2D eigenvalue weighted by atomic mass is 16.5. The van der Waals surface area contributed by atoms with Crippen LogP contribution >= 0.6 is 0 Å². The zero-order chi connectivity index (χ0) is 13.2. The summed E-state index contributed by atoms with van der Waals surface area (Å²) in [7, 11) is 0. The number of esters is 1. The molecule has 0 saturated heterocycles. The Morgan fingerprint density at radius 2 is 1.89 bits per heavy atom. The van der Waals surface area contributed by atoms with Crippen molar-refractivity contribution >= 4 is 12.0 Å². The Morgan fingerprint density at radius 3 is 2.50 bits per heavy atom. The molecule has 0 bridgehead atoms. The third-order valence-electron chi connectivity index (χ3n) is 2.91. The van der Waals surface area contributed by atoms with Crippen molar-refractivity contribution in [1.29, 1.82) is 0 Å². The first-order chi connectivity index (χ1) is 8.76. The molecule has 1 aromatic carbocycles. The van der Waals surface area contributed by atoms with E-state index in [4.69, 9.17) is 4.74 Å². The molecule has 0 radical (unpaired) electrons. The normalized spacial score (nSPS) is 11.1. The molecule has 0 atom stereocenters. The van der Waals surface area contributed by atoms with Crippen molar-refractivity contribution in [1.82, 2.24) is 0 Å². The van der Waals surface area contributed by atoms with Crippen LogP contribution in [-0.2, 0) is 9.53 Å². The van der Waals surface area contributed by atoms with E-state index in [2.05, 4.69) is 13.8 Å². The number of quaternary nitrogens is 1. The van der Waals surface area contributed by atoms with E-state index in [1.165, 1.54) is 11.0 Å². The Labute approximate surface area is 109 Å². The van der Waals surface area contributed by atoms with E-state index in [0.717, 1.165) is 25.2 Å². The van der Waals surface area contributed by atoms with E-state index in [0.29, 0.717) is 6.61 Å². The fourth-order valence-electron chi connectivity index (χ4n) is 1.68. The van der Waals surface area contributed by atoms with Gasteiger partial charge in [0.15, 0.2) is 0 Å². The Bertz CT molecular complexity index is 369. The van der Waals surface area contributed by atoms with Crippen LogP contribution in [0.15, 0.2) is 36.4 Å². The van der Waals surface area contributed by atoms with Crippen molar-refractivity contribution < 1.29 is 14.4 Å². The summed E-state index contributed by atoms with van der Waals surface area (Å²) in [4.78, 5) is 12.9. The van der Waals surface area contributed by atoms with Gasteiger partial charge in [0.25, 0.3) is 0 Å². The van der Waals surface area contributed by atoms with Gasteiger partial charge in [-0.1, -0.05) is 30.3 Å². The lowest BCUT2D eigenvalue weighted by atomic mass is 10.2. The summed E-state index contributed by atoms with van der Waals surface area (Å²) in [5.41, 5.74) is 1.00. The summed E-state index contributed by atoms with van der Waals surface area (Å²) in [5.74, 6) is -0.273. The van der Waals surface area contributed by atoms with E-state index in [1.807, 2.05) is 30.3 Å². The molecule has 0 spiro atoms. The molecular formula is C15H22NO2+. The van der Waals surface area contributed by atoms with Gasteiger partial charge in [-0.05, 0) is 25.5 Å². The highest BCUT2D eigenvalue weighted by Gasteiger charge is 2.03. The van der Waals surface area contributed by atoms with Crippen molar-refractivity contribution in [3.8, 4) is 0 Å². The van der Waals surface area contributed by atoms with E-state index >= 15 is 0 Å². The number of likely N-dealkylation sites (N-methyl/N-ethyl adjacent to an activating group) is 1. The van der Waals surface area contributed by atoms with Crippen LogP contribution in [0.25, 0.3) is 6.08 Å². The highest BCUT2D eigenvalue weighted by molar-refractivity contribution is 5.86. The maximum absolute atomic E-state index is 11.5. The minimum absolute atomic E-state index is 0.273. The number of carbonyl (C=O) groups excluding carboxylic acids is 1. The third-order valence-corrected chi connectivity index (χ3v) is 2.91. The van der Waals surface area contributed by atoms with Crippen molar-refractivity contribution in [2.75, 3.05) is 26.2 Å². The molecule has 3 heteroatoms. The molecule has 1 aromatic rings. The number of hydrogen-bond acceptors (Lipinski definition) is 2. The molecule has 98 valence electrons. The van der Waals surface area contributed by atoms with Crippen LogP contribution in [0, 0.1) is 0 Å². The van der Waals surface area contributed by atoms with Crippen LogP contribution in [0.3, 0.4) is 0 Å². The number of nitrogens with one attached hydrogen (secondary N) is 1. The number of ether oxygens (including phenoxy) is 1. The summed E-state index contributed by atoms with van der Waals surface area (Å²) < 4.78 is 5.15. The minimum Gasteiger partial charge on any atom is -0.457 e. The van der Waals surface area contributed by atoms with Gasteiger partial charge in [0.05, 0.1) is 13.1 Å². The molecule has 1 N–H and O–H groups in total. The molecule has 0 amide bonds. The molecule has 0 aliphatic heterocycles. The van der Waals surface area contributed by atoms with Gasteiger partial charge >= 0.3 is 5.97 Å². The van der Waals surface area contributed by atoms with Gasteiger partial charge in [-0.2, -0.15) is 0 Å². The summed E-state index contributed by atoms with van der Waals surface area (Å²) in [5, 5.41) is 0. The average molecular weight is 248 g/mol. The smallest absolute Gasteiger partial charge is 0.330 e. The first kappa shape index (κ1) is 14.5. The van der Waals surface area contributed by atoms with Crippen LogP contribution in [0.5, 0.6) is 0 Å². The molecule has 0 heterocycles. The third kappa shape index (κ3) is 5.64. The Balaban J connectivity index is 2.28. The lowest BCUT2D eigenvalue weighted by molar-refractivity contribution is -0.896. The van der Waals surface area contributed by atoms with Crippen molar-refractivity contribution in [3.63, 3.8) is 0 Å². The van der Waals surface area contributed by atoms with E-state index in [9.17, 15) is 4.79 Å².